The van der Waals surface area contributed by atoms with Crippen LogP contribution in [0.3, 0.4) is 0 Å². The summed E-state index contributed by atoms with van der Waals surface area (Å²) < 4.78 is 5.53. The molecule has 0 aromatic rings. The fourth-order valence-electron chi connectivity index (χ4n) is 2.06. The van der Waals surface area contributed by atoms with Crippen molar-refractivity contribution in [3.8, 4) is 0 Å². The Kier molecular flexibility index (Phi) is 4.37. The first kappa shape index (κ1) is 10.2. The van der Waals surface area contributed by atoms with Crippen LogP contribution in [0.1, 0.15) is 38.5 Å². The summed E-state index contributed by atoms with van der Waals surface area (Å²) in [6.45, 7) is 5.61. The Hall–Kier alpha value is 0.710. The molecule has 2 rings (SSSR count). The number of piperidine rings is 2. The van der Waals surface area contributed by atoms with Gasteiger partial charge in [0.1, 0.15) is 0 Å². The molecule has 0 saturated carbocycles. The molecule has 13 heavy (non-hydrogen) atoms. The number of hydrogen-bond acceptors (Lipinski definition) is 2. The number of hydrogen-bond donors (Lipinski definition) is 0. The molecule has 0 amide bonds. The molecular formula is C10H20N2Te. The molecule has 0 spiro atoms. The van der Waals surface area contributed by atoms with Crippen LogP contribution in [0.2, 0.25) is 0 Å². The van der Waals surface area contributed by atoms with Gasteiger partial charge in [0.25, 0.3) is 0 Å². The molecule has 0 aromatic heterocycles. The summed E-state index contributed by atoms with van der Waals surface area (Å²) in [5.74, 6) is 0. The van der Waals surface area contributed by atoms with Gasteiger partial charge in [-0.3, -0.25) is 0 Å². The number of rotatable bonds is 2. The maximum absolute atomic E-state index is 2.76. The van der Waals surface area contributed by atoms with Crippen molar-refractivity contribution in [2.24, 2.45) is 0 Å². The first-order valence-electron chi connectivity index (χ1n) is 5.63. The zero-order chi connectivity index (χ0) is 8.93. The van der Waals surface area contributed by atoms with Gasteiger partial charge in [0.2, 0.25) is 0 Å². The van der Waals surface area contributed by atoms with Gasteiger partial charge in [0, 0.05) is 0 Å². The van der Waals surface area contributed by atoms with Crippen LogP contribution >= 0.6 is 0 Å². The van der Waals surface area contributed by atoms with E-state index >= 15 is 0 Å². The second kappa shape index (κ2) is 5.56. The van der Waals surface area contributed by atoms with Crippen molar-refractivity contribution in [1.82, 2.24) is 6.30 Å². The molecule has 0 unspecified atom stereocenters. The second-order valence-electron chi connectivity index (χ2n) is 4.06. The van der Waals surface area contributed by atoms with Crippen LogP contribution in [0, 0.1) is 0 Å². The van der Waals surface area contributed by atoms with Gasteiger partial charge in [0.05, 0.1) is 0 Å². The molecule has 76 valence electrons. The molecule has 3 heteroatoms. The van der Waals surface area contributed by atoms with Gasteiger partial charge in [0.15, 0.2) is 0 Å². The van der Waals surface area contributed by atoms with Crippen LogP contribution < -0.4 is 0 Å². The molecule has 2 nitrogen and oxygen atoms in total. The van der Waals surface area contributed by atoms with Crippen LogP contribution in [0.4, 0.5) is 0 Å². The molecule has 0 aromatic carbocycles. The van der Waals surface area contributed by atoms with E-state index in [1.54, 1.807) is 0 Å². The van der Waals surface area contributed by atoms with E-state index in [9.17, 15) is 0 Å². The van der Waals surface area contributed by atoms with E-state index in [4.69, 9.17) is 0 Å². The Morgan fingerprint density at radius 2 is 0.923 bits per heavy atom. The van der Waals surface area contributed by atoms with Gasteiger partial charge < -0.3 is 0 Å². The number of nitrogens with zero attached hydrogens (tertiary/aromatic N) is 2. The minimum absolute atomic E-state index is 0.0673. The van der Waals surface area contributed by atoms with Crippen molar-refractivity contribution in [3.05, 3.63) is 0 Å². The topological polar surface area (TPSA) is 6.48 Å². The molecule has 0 radical (unpaired) electrons. The van der Waals surface area contributed by atoms with Gasteiger partial charge in [-0.05, 0) is 0 Å². The standard InChI is InChI=1S/C10H20N2Te/c1-3-7-11(8-4-1)13-12-9-5-2-6-10-12/h1-10H2. The van der Waals surface area contributed by atoms with E-state index in [-0.39, 0.29) is 21.5 Å². The molecule has 0 atom stereocenters. The summed E-state index contributed by atoms with van der Waals surface area (Å²) >= 11 is 0.0673. The van der Waals surface area contributed by atoms with Gasteiger partial charge >= 0.3 is 92.5 Å². The summed E-state index contributed by atoms with van der Waals surface area (Å²) in [6, 6.07) is 0. The molecule has 2 aliphatic heterocycles. The third-order valence-electron chi connectivity index (χ3n) is 2.86. The van der Waals surface area contributed by atoms with Crippen LogP contribution in [0.25, 0.3) is 0 Å². The normalized spacial score (nSPS) is 27.7. The summed E-state index contributed by atoms with van der Waals surface area (Å²) in [6.07, 6.45) is 8.78. The van der Waals surface area contributed by atoms with Gasteiger partial charge in [-0.15, -0.1) is 0 Å². The van der Waals surface area contributed by atoms with Gasteiger partial charge in [-0.2, -0.15) is 0 Å². The van der Waals surface area contributed by atoms with Crippen molar-refractivity contribution >= 4 is 21.5 Å². The Labute approximate surface area is 92.4 Å². The third-order valence-corrected chi connectivity index (χ3v) is 6.26. The molecule has 0 bridgehead atoms. The van der Waals surface area contributed by atoms with Gasteiger partial charge in [-0.1, -0.05) is 0 Å². The zero-order valence-electron chi connectivity index (χ0n) is 8.37. The first-order chi connectivity index (χ1) is 6.45. The van der Waals surface area contributed by atoms with Crippen LogP contribution in [-0.4, -0.2) is 53.9 Å². The van der Waals surface area contributed by atoms with Gasteiger partial charge in [-0.25, -0.2) is 0 Å². The third kappa shape index (κ3) is 3.40. The molecule has 0 N–H and O–H groups in total. The summed E-state index contributed by atoms with van der Waals surface area (Å²) in [4.78, 5) is 0. The van der Waals surface area contributed by atoms with Crippen molar-refractivity contribution in [2.45, 2.75) is 38.5 Å². The Morgan fingerprint density at radius 3 is 1.31 bits per heavy atom. The Bertz CT molecular complexity index is 124. The summed E-state index contributed by atoms with van der Waals surface area (Å²) in [7, 11) is 0. The van der Waals surface area contributed by atoms with Crippen LogP contribution in [-0.2, 0) is 0 Å². The predicted octanol–water partition coefficient (Wildman–Crippen LogP) is 1.49. The van der Waals surface area contributed by atoms with E-state index < -0.39 is 0 Å². The first-order valence-corrected chi connectivity index (χ1v) is 7.71. The summed E-state index contributed by atoms with van der Waals surface area (Å²) in [5.41, 5.74) is 0. The van der Waals surface area contributed by atoms with Crippen LogP contribution in [0.15, 0.2) is 0 Å². The SMILES string of the molecule is C1CCN([Te]N2CCCCC2)CC1. The van der Waals surface area contributed by atoms with Crippen molar-refractivity contribution in [2.75, 3.05) is 26.2 Å². The van der Waals surface area contributed by atoms with Crippen molar-refractivity contribution in [1.29, 1.82) is 0 Å². The van der Waals surface area contributed by atoms with Crippen molar-refractivity contribution < 1.29 is 0 Å². The molecule has 2 aliphatic rings. The molecule has 2 heterocycles. The monoisotopic (exact) mass is 298 g/mol. The zero-order valence-corrected chi connectivity index (χ0v) is 10.7. The quantitative estimate of drug-likeness (QED) is 0.712. The van der Waals surface area contributed by atoms with E-state index in [0.29, 0.717) is 0 Å². The van der Waals surface area contributed by atoms with E-state index in [0.717, 1.165) is 0 Å². The Morgan fingerprint density at radius 1 is 0.538 bits per heavy atom. The minimum atomic E-state index is 0.0673. The summed E-state index contributed by atoms with van der Waals surface area (Å²) in [5, 5.41) is 0. The van der Waals surface area contributed by atoms with Crippen LogP contribution in [0.5, 0.6) is 0 Å². The molecular weight excluding hydrogens is 276 g/mol. The molecule has 2 saturated heterocycles. The average molecular weight is 296 g/mol. The van der Waals surface area contributed by atoms with E-state index in [1.165, 1.54) is 64.7 Å². The average Bonchev–Trinajstić information content (AvgIpc) is 2.21. The molecule has 2 fully saturated rings. The second-order valence-corrected chi connectivity index (χ2v) is 7.47. The fraction of sp³-hybridized carbons (Fsp3) is 1.00. The predicted molar refractivity (Wildman–Crippen MR) is 56.6 cm³/mol. The van der Waals surface area contributed by atoms with E-state index in [1.807, 2.05) is 0 Å². The van der Waals surface area contributed by atoms with E-state index in [2.05, 4.69) is 6.30 Å². The van der Waals surface area contributed by atoms with Crippen molar-refractivity contribution in [3.63, 3.8) is 0 Å². The maximum atomic E-state index is 2.76. The molecule has 0 aliphatic carbocycles. The Balaban J connectivity index is 1.69. The fourth-order valence-corrected chi connectivity index (χ4v) is 5.39.